The van der Waals surface area contributed by atoms with E-state index >= 15 is 0 Å². The van der Waals surface area contributed by atoms with Gasteiger partial charge >= 0.3 is 0 Å². The zero-order chi connectivity index (χ0) is 25.9. The van der Waals surface area contributed by atoms with Crippen molar-refractivity contribution in [3.8, 4) is 17.2 Å². The molecule has 3 N–H and O–H groups in total. The first-order valence-corrected chi connectivity index (χ1v) is 12.3. The number of fused-ring (bicyclic) bond motifs is 4. The fraction of sp³-hybridized carbons (Fsp3) is 0.407. The second-order valence-electron chi connectivity index (χ2n) is 9.03. The van der Waals surface area contributed by atoms with Crippen molar-refractivity contribution in [1.29, 1.82) is 0 Å². The van der Waals surface area contributed by atoms with Crippen LogP contribution in [-0.4, -0.2) is 78.3 Å². The highest BCUT2D eigenvalue weighted by atomic mass is 16.7. The molecule has 196 valence electrons. The van der Waals surface area contributed by atoms with Gasteiger partial charge in [0, 0.05) is 30.8 Å². The van der Waals surface area contributed by atoms with Gasteiger partial charge < -0.3 is 39.4 Å². The number of amides is 2. The summed E-state index contributed by atoms with van der Waals surface area (Å²) in [6.45, 7) is 2.09. The molecule has 0 bridgehead atoms. The Bertz CT molecular complexity index is 1200. The van der Waals surface area contributed by atoms with Crippen molar-refractivity contribution < 1.29 is 38.7 Å². The number of aliphatic hydroxyl groups excluding tert-OH is 2. The summed E-state index contributed by atoms with van der Waals surface area (Å²) >= 11 is 0. The predicted octanol–water partition coefficient (Wildman–Crippen LogP) is 1.10. The summed E-state index contributed by atoms with van der Waals surface area (Å²) in [6.07, 6.45) is -0.256. The van der Waals surface area contributed by atoms with Crippen molar-refractivity contribution in [2.75, 3.05) is 33.2 Å². The molecule has 4 unspecified atom stereocenters. The number of aliphatic hydroxyl groups is 2. The molecule has 2 amide bonds. The van der Waals surface area contributed by atoms with Gasteiger partial charge in [0.25, 0.3) is 0 Å². The largest absolute Gasteiger partial charge is 0.486 e. The van der Waals surface area contributed by atoms with Crippen molar-refractivity contribution >= 4 is 11.8 Å². The third-order valence-corrected chi connectivity index (χ3v) is 6.78. The number of rotatable bonds is 9. The quantitative estimate of drug-likeness (QED) is 0.458. The Kier molecular flexibility index (Phi) is 7.31. The van der Waals surface area contributed by atoms with Gasteiger partial charge in [0.1, 0.15) is 24.6 Å². The van der Waals surface area contributed by atoms with Crippen LogP contribution >= 0.6 is 0 Å². The van der Waals surface area contributed by atoms with E-state index < -0.39 is 24.2 Å². The number of benzene rings is 2. The van der Waals surface area contributed by atoms with Crippen molar-refractivity contribution in [2.45, 2.75) is 37.6 Å². The molecule has 2 heterocycles. The lowest BCUT2D eigenvalue weighted by molar-refractivity contribution is -0.142. The standard InChI is InChI=1S/C27H30N2O8/c1-2-34-14-23(31)29(13-16-7-8-21-22(11-16)36-15-35-21)19-12-18(27(33)28-9-10-30)24-17-5-3-4-6-20(17)37-26(24)25(19)32/h3-8,11-12,19,24-26,30,32H,2,9-10,13-15H2,1H3,(H,28,33). The molecule has 0 aromatic heterocycles. The molecular weight excluding hydrogens is 480 g/mol. The minimum absolute atomic E-state index is 0.0769. The Morgan fingerprint density at radius 2 is 1.95 bits per heavy atom. The van der Waals surface area contributed by atoms with E-state index in [1.54, 1.807) is 31.2 Å². The van der Waals surface area contributed by atoms with Gasteiger partial charge in [0.05, 0.1) is 18.6 Å². The molecule has 0 radical (unpaired) electrons. The number of nitrogens with one attached hydrogen (secondary N) is 1. The van der Waals surface area contributed by atoms with E-state index in [9.17, 15) is 19.8 Å². The lowest BCUT2D eigenvalue weighted by Crippen LogP contribution is -2.56. The van der Waals surface area contributed by atoms with E-state index in [2.05, 4.69) is 5.32 Å². The van der Waals surface area contributed by atoms with Crippen LogP contribution in [0.4, 0.5) is 0 Å². The van der Waals surface area contributed by atoms with Crippen LogP contribution in [0.25, 0.3) is 0 Å². The first-order valence-electron chi connectivity index (χ1n) is 12.3. The fourth-order valence-corrected chi connectivity index (χ4v) is 5.06. The van der Waals surface area contributed by atoms with Gasteiger partial charge in [-0.15, -0.1) is 0 Å². The van der Waals surface area contributed by atoms with E-state index in [1.807, 2.05) is 24.3 Å². The Labute approximate surface area is 214 Å². The lowest BCUT2D eigenvalue weighted by Gasteiger charge is -2.40. The Balaban J connectivity index is 1.52. The SMILES string of the molecule is CCOCC(=O)N(Cc1ccc2c(c1)OCO2)C1C=C(C(=O)NCCO)C2c3ccccc3OC2C1O. The van der Waals surface area contributed by atoms with Crippen molar-refractivity contribution in [2.24, 2.45) is 0 Å². The van der Waals surface area contributed by atoms with Crippen LogP contribution in [0.5, 0.6) is 17.2 Å². The Hall–Kier alpha value is -3.60. The number of hydrogen-bond acceptors (Lipinski definition) is 8. The first-order chi connectivity index (χ1) is 18.0. The van der Waals surface area contributed by atoms with Crippen molar-refractivity contribution in [3.05, 3.63) is 65.2 Å². The fourth-order valence-electron chi connectivity index (χ4n) is 5.06. The molecule has 37 heavy (non-hydrogen) atoms. The molecule has 2 aromatic carbocycles. The van der Waals surface area contributed by atoms with E-state index in [1.165, 1.54) is 4.90 Å². The molecule has 2 aromatic rings. The summed E-state index contributed by atoms with van der Waals surface area (Å²) in [4.78, 5) is 28.1. The van der Waals surface area contributed by atoms with Gasteiger partial charge in [0.2, 0.25) is 18.6 Å². The summed E-state index contributed by atoms with van der Waals surface area (Å²) in [5.74, 6) is 0.534. The zero-order valence-electron chi connectivity index (χ0n) is 20.5. The van der Waals surface area contributed by atoms with Crippen LogP contribution in [0.1, 0.15) is 24.0 Å². The van der Waals surface area contributed by atoms with E-state index in [4.69, 9.17) is 18.9 Å². The van der Waals surface area contributed by atoms with Gasteiger partial charge in [-0.05, 0) is 36.8 Å². The summed E-state index contributed by atoms with van der Waals surface area (Å²) < 4.78 is 22.4. The number of para-hydroxylation sites is 1. The van der Waals surface area contributed by atoms with E-state index in [0.29, 0.717) is 29.4 Å². The summed E-state index contributed by atoms with van der Waals surface area (Å²) in [5, 5.41) is 23.5. The zero-order valence-corrected chi connectivity index (χ0v) is 20.5. The second kappa shape index (κ2) is 10.8. The summed E-state index contributed by atoms with van der Waals surface area (Å²) in [5.41, 5.74) is 1.93. The lowest BCUT2D eigenvalue weighted by atomic mass is 9.77. The molecule has 0 fully saturated rings. The minimum Gasteiger partial charge on any atom is -0.486 e. The van der Waals surface area contributed by atoms with Gasteiger partial charge in [-0.3, -0.25) is 9.59 Å². The maximum absolute atomic E-state index is 13.4. The van der Waals surface area contributed by atoms with Crippen LogP contribution in [0.15, 0.2) is 54.1 Å². The Morgan fingerprint density at radius 3 is 2.76 bits per heavy atom. The molecule has 10 heteroatoms. The van der Waals surface area contributed by atoms with Crippen LogP contribution < -0.4 is 19.5 Å². The average Bonchev–Trinajstić information content (AvgIpc) is 3.54. The smallest absolute Gasteiger partial charge is 0.249 e. The van der Waals surface area contributed by atoms with Crippen molar-refractivity contribution in [1.82, 2.24) is 10.2 Å². The summed E-state index contributed by atoms with van der Waals surface area (Å²) in [7, 11) is 0. The monoisotopic (exact) mass is 510 g/mol. The molecule has 4 atom stereocenters. The predicted molar refractivity (Wildman–Crippen MR) is 131 cm³/mol. The number of carbonyl (C=O) groups excluding carboxylic acids is 2. The van der Waals surface area contributed by atoms with Gasteiger partial charge in [-0.25, -0.2) is 0 Å². The maximum Gasteiger partial charge on any atom is 0.249 e. The molecule has 2 aliphatic heterocycles. The van der Waals surface area contributed by atoms with Gasteiger partial charge in [0.15, 0.2) is 11.5 Å². The second-order valence-corrected chi connectivity index (χ2v) is 9.03. The van der Waals surface area contributed by atoms with Gasteiger partial charge in [-0.1, -0.05) is 24.3 Å². The minimum atomic E-state index is -1.12. The average molecular weight is 511 g/mol. The topological polar surface area (TPSA) is 127 Å². The van der Waals surface area contributed by atoms with E-state index in [0.717, 1.165) is 11.1 Å². The Morgan fingerprint density at radius 1 is 1.14 bits per heavy atom. The summed E-state index contributed by atoms with van der Waals surface area (Å²) in [6, 6.07) is 11.9. The van der Waals surface area contributed by atoms with Crippen LogP contribution in [-0.2, 0) is 20.9 Å². The van der Waals surface area contributed by atoms with Crippen molar-refractivity contribution in [3.63, 3.8) is 0 Å². The normalized spacial score (nSPS) is 22.9. The molecule has 0 saturated heterocycles. The van der Waals surface area contributed by atoms with E-state index in [-0.39, 0.29) is 44.9 Å². The molecule has 10 nitrogen and oxygen atoms in total. The third kappa shape index (κ3) is 4.87. The maximum atomic E-state index is 13.4. The highest BCUT2D eigenvalue weighted by molar-refractivity contribution is 5.96. The molecular formula is C27H30N2O8. The molecule has 5 rings (SSSR count). The number of hydrogen-bond donors (Lipinski definition) is 3. The molecule has 1 aliphatic carbocycles. The van der Waals surface area contributed by atoms with Crippen LogP contribution in [0, 0.1) is 0 Å². The van der Waals surface area contributed by atoms with Crippen LogP contribution in [0.2, 0.25) is 0 Å². The number of nitrogens with zero attached hydrogens (tertiary/aromatic N) is 1. The molecule has 0 saturated carbocycles. The first kappa shape index (κ1) is 25.1. The number of ether oxygens (including phenoxy) is 4. The third-order valence-electron chi connectivity index (χ3n) is 6.78. The number of carbonyl (C=O) groups is 2. The molecule has 0 spiro atoms. The highest BCUT2D eigenvalue weighted by Crippen LogP contribution is 2.47. The van der Waals surface area contributed by atoms with Gasteiger partial charge in [-0.2, -0.15) is 0 Å². The molecule has 3 aliphatic rings. The highest BCUT2D eigenvalue weighted by Gasteiger charge is 2.50. The van der Waals surface area contributed by atoms with Crippen LogP contribution in [0.3, 0.4) is 0 Å².